The lowest BCUT2D eigenvalue weighted by molar-refractivity contribution is 0.122. The van der Waals surface area contributed by atoms with E-state index in [1.165, 1.54) is 4.40 Å². The van der Waals surface area contributed by atoms with Crippen molar-refractivity contribution in [2.75, 3.05) is 31.2 Å². The summed E-state index contributed by atoms with van der Waals surface area (Å²) in [7, 11) is 0. The molecule has 1 aliphatic rings. The Morgan fingerprint density at radius 1 is 1.38 bits per heavy atom. The van der Waals surface area contributed by atoms with E-state index < -0.39 is 0 Å². The van der Waals surface area contributed by atoms with Crippen LogP contribution in [0.3, 0.4) is 0 Å². The molecule has 1 saturated heterocycles. The molecule has 3 rings (SSSR count). The number of nitrogens with zero attached hydrogens (tertiary/aromatic N) is 3. The van der Waals surface area contributed by atoms with Gasteiger partial charge in [0.1, 0.15) is 11.5 Å². The largest absolute Gasteiger partial charge is 0.391 e. The van der Waals surface area contributed by atoms with Gasteiger partial charge in [0.2, 0.25) is 0 Å². The van der Waals surface area contributed by atoms with Crippen molar-refractivity contribution in [2.24, 2.45) is 0 Å². The number of hydrogen-bond acceptors (Lipinski definition) is 5. The number of ether oxygens (including phenoxy) is 1. The van der Waals surface area contributed by atoms with Gasteiger partial charge in [0.05, 0.1) is 25.4 Å². The highest BCUT2D eigenvalue weighted by atomic mass is 35.5. The van der Waals surface area contributed by atoms with Crippen LogP contribution in [0.2, 0.25) is 0 Å². The zero-order valence-electron chi connectivity index (χ0n) is 11.8. The van der Waals surface area contributed by atoms with Crippen molar-refractivity contribution in [1.29, 1.82) is 0 Å². The molecule has 7 heteroatoms. The van der Waals surface area contributed by atoms with Gasteiger partial charge in [-0.2, -0.15) is 0 Å². The van der Waals surface area contributed by atoms with Crippen LogP contribution in [0, 0.1) is 6.92 Å². The van der Waals surface area contributed by atoms with Crippen LogP contribution in [0.5, 0.6) is 0 Å². The first-order valence-corrected chi connectivity index (χ1v) is 6.67. The van der Waals surface area contributed by atoms with Crippen LogP contribution >= 0.6 is 12.4 Å². The second-order valence-corrected chi connectivity index (χ2v) is 4.86. The highest BCUT2D eigenvalue weighted by Crippen LogP contribution is 2.18. The minimum absolute atomic E-state index is 0. The Morgan fingerprint density at radius 3 is 2.76 bits per heavy atom. The lowest BCUT2D eigenvalue weighted by atomic mass is 10.2. The molecule has 0 radical (unpaired) electrons. The maximum atomic E-state index is 12.5. The fourth-order valence-corrected chi connectivity index (χ4v) is 2.50. The summed E-state index contributed by atoms with van der Waals surface area (Å²) in [5, 5.41) is 9.55. The van der Waals surface area contributed by atoms with E-state index in [1.54, 1.807) is 12.3 Å². The van der Waals surface area contributed by atoms with Gasteiger partial charge in [-0.05, 0) is 18.6 Å². The molecule has 0 amide bonds. The molecule has 114 valence electrons. The van der Waals surface area contributed by atoms with Crippen molar-refractivity contribution in [1.82, 2.24) is 9.38 Å². The molecule has 1 aliphatic heterocycles. The van der Waals surface area contributed by atoms with Gasteiger partial charge in [0, 0.05) is 19.3 Å². The highest BCUT2D eigenvalue weighted by Gasteiger charge is 2.20. The molecule has 3 heterocycles. The van der Waals surface area contributed by atoms with Gasteiger partial charge in [-0.25, -0.2) is 4.98 Å². The van der Waals surface area contributed by atoms with E-state index in [9.17, 15) is 9.90 Å². The number of rotatable bonds is 2. The van der Waals surface area contributed by atoms with Crippen molar-refractivity contribution in [2.45, 2.75) is 13.5 Å². The molecule has 2 aromatic heterocycles. The zero-order valence-corrected chi connectivity index (χ0v) is 12.6. The number of hydrogen-bond donors (Lipinski definition) is 1. The molecule has 1 fully saturated rings. The Bertz CT molecular complexity index is 696. The smallest absolute Gasteiger partial charge is 0.265 e. The average Bonchev–Trinajstić information content (AvgIpc) is 2.49. The predicted octanol–water partition coefficient (Wildman–Crippen LogP) is 0.754. The molecule has 0 aliphatic carbocycles. The van der Waals surface area contributed by atoms with Gasteiger partial charge >= 0.3 is 0 Å². The molecule has 0 saturated carbocycles. The summed E-state index contributed by atoms with van der Waals surface area (Å²) in [6.45, 7) is 4.20. The lowest BCUT2D eigenvalue weighted by Crippen LogP contribution is -2.39. The fourth-order valence-electron chi connectivity index (χ4n) is 2.50. The van der Waals surface area contributed by atoms with E-state index >= 15 is 0 Å². The molecule has 1 N–H and O–H groups in total. The second kappa shape index (κ2) is 6.43. The highest BCUT2D eigenvalue weighted by molar-refractivity contribution is 5.85. The van der Waals surface area contributed by atoms with Crippen LogP contribution in [0.1, 0.15) is 11.1 Å². The third-order valence-electron chi connectivity index (χ3n) is 3.59. The molecule has 0 atom stereocenters. The van der Waals surface area contributed by atoms with E-state index in [1.807, 2.05) is 17.9 Å². The van der Waals surface area contributed by atoms with E-state index in [0.29, 0.717) is 43.3 Å². The lowest BCUT2D eigenvalue weighted by Gasteiger charge is -2.29. The number of aromatic nitrogens is 2. The molecule has 2 aromatic rings. The van der Waals surface area contributed by atoms with Gasteiger partial charge in [-0.1, -0.05) is 6.07 Å². The summed E-state index contributed by atoms with van der Waals surface area (Å²) in [4.78, 5) is 19.1. The Balaban J connectivity index is 0.00000161. The van der Waals surface area contributed by atoms with Gasteiger partial charge < -0.3 is 14.7 Å². The number of morpholine rings is 1. The molecule has 0 spiro atoms. The van der Waals surface area contributed by atoms with Crippen LogP contribution in [0.4, 0.5) is 5.82 Å². The number of aliphatic hydroxyl groups is 1. The monoisotopic (exact) mass is 311 g/mol. The van der Waals surface area contributed by atoms with Crippen molar-refractivity contribution in [3.8, 4) is 0 Å². The van der Waals surface area contributed by atoms with E-state index in [2.05, 4.69) is 4.98 Å². The third kappa shape index (κ3) is 2.74. The Morgan fingerprint density at radius 2 is 2.10 bits per heavy atom. The zero-order chi connectivity index (χ0) is 14.1. The number of fused-ring (bicyclic) bond motifs is 1. The first-order chi connectivity index (χ1) is 9.72. The molecular weight excluding hydrogens is 294 g/mol. The molecule has 0 aromatic carbocycles. The molecule has 0 unspecified atom stereocenters. The van der Waals surface area contributed by atoms with E-state index in [-0.39, 0.29) is 24.6 Å². The number of anilines is 1. The van der Waals surface area contributed by atoms with Crippen molar-refractivity contribution >= 4 is 23.9 Å². The van der Waals surface area contributed by atoms with Crippen LogP contribution in [-0.4, -0.2) is 40.8 Å². The standard InChI is InChI=1S/C14H17N3O3.ClH/c1-10-3-2-4-17-12(10)15-13(11(9-18)14(17)19)16-5-7-20-8-6-16;/h2-4,18H,5-9H2,1H3;1H. The number of pyridine rings is 1. The Hall–Kier alpha value is -1.63. The summed E-state index contributed by atoms with van der Waals surface area (Å²) < 4.78 is 6.81. The van der Waals surface area contributed by atoms with Crippen molar-refractivity contribution in [3.63, 3.8) is 0 Å². The number of aryl methyl sites for hydroxylation is 1. The molecule has 6 nitrogen and oxygen atoms in total. The first kappa shape index (κ1) is 15.8. The Kier molecular flexibility index (Phi) is 4.82. The summed E-state index contributed by atoms with van der Waals surface area (Å²) in [6.07, 6.45) is 1.68. The second-order valence-electron chi connectivity index (χ2n) is 4.86. The van der Waals surface area contributed by atoms with Crippen LogP contribution in [-0.2, 0) is 11.3 Å². The Labute approximate surface area is 128 Å². The minimum atomic E-state index is -0.310. The fraction of sp³-hybridized carbons (Fsp3) is 0.429. The van der Waals surface area contributed by atoms with Gasteiger partial charge in [0.25, 0.3) is 5.56 Å². The maximum Gasteiger partial charge on any atom is 0.265 e. The third-order valence-corrected chi connectivity index (χ3v) is 3.59. The maximum absolute atomic E-state index is 12.5. The summed E-state index contributed by atoms with van der Waals surface area (Å²) in [5.74, 6) is 0.579. The molecular formula is C14H18ClN3O3. The van der Waals surface area contributed by atoms with Gasteiger partial charge in [-0.3, -0.25) is 9.20 Å². The van der Waals surface area contributed by atoms with Crippen LogP contribution < -0.4 is 10.5 Å². The van der Waals surface area contributed by atoms with Crippen LogP contribution in [0.15, 0.2) is 23.1 Å². The summed E-state index contributed by atoms with van der Waals surface area (Å²) in [6, 6.07) is 3.73. The molecule has 21 heavy (non-hydrogen) atoms. The van der Waals surface area contributed by atoms with Crippen molar-refractivity contribution in [3.05, 3.63) is 39.8 Å². The van der Waals surface area contributed by atoms with E-state index in [4.69, 9.17) is 4.74 Å². The van der Waals surface area contributed by atoms with E-state index in [0.717, 1.165) is 5.56 Å². The van der Waals surface area contributed by atoms with Gasteiger partial charge in [0.15, 0.2) is 0 Å². The summed E-state index contributed by atoms with van der Waals surface area (Å²) >= 11 is 0. The van der Waals surface area contributed by atoms with Crippen molar-refractivity contribution < 1.29 is 9.84 Å². The topological polar surface area (TPSA) is 67.1 Å². The normalized spacial score (nSPS) is 15.0. The predicted molar refractivity (Wildman–Crippen MR) is 82.4 cm³/mol. The quantitative estimate of drug-likeness (QED) is 0.886. The number of aliphatic hydroxyl groups excluding tert-OH is 1. The first-order valence-electron chi connectivity index (χ1n) is 6.67. The number of halogens is 1. The molecule has 0 bridgehead atoms. The van der Waals surface area contributed by atoms with Gasteiger partial charge in [-0.15, -0.1) is 12.4 Å². The summed E-state index contributed by atoms with van der Waals surface area (Å²) in [5.41, 5.74) is 1.71. The SMILES string of the molecule is Cc1cccn2c(=O)c(CO)c(N3CCOCC3)nc12.Cl. The average molecular weight is 312 g/mol. The van der Waals surface area contributed by atoms with Crippen LogP contribution in [0.25, 0.3) is 5.65 Å². The minimum Gasteiger partial charge on any atom is -0.391 e.